The van der Waals surface area contributed by atoms with E-state index in [2.05, 4.69) is 17.1 Å². The second-order valence-electron chi connectivity index (χ2n) is 7.15. The highest BCUT2D eigenvalue weighted by Gasteiger charge is 2.22. The number of amides is 1. The molecule has 0 saturated carbocycles. The summed E-state index contributed by atoms with van der Waals surface area (Å²) in [6.45, 7) is 4.51. The van der Waals surface area contributed by atoms with Crippen molar-refractivity contribution in [1.82, 2.24) is 15.2 Å². The monoisotopic (exact) mass is 371 g/mol. The summed E-state index contributed by atoms with van der Waals surface area (Å²) in [5, 5.41) is 3.90. The smallest absolute Gasteiger partial charge is 0.234 e. The molecule has 1 aromatic heterocycles. The molecule has 1 saturated heterocycles. The van der Waals surface area contributed by atoms with Gasteiger partial charge in [-0.05, 0) is 48.7 Å². The van der Waals surface area contributed by atoms with Crippen molar-refractivity contribution in [2.75, 3.05) is 26.2 Å². The van der Waals surface area contributed by atoms with Crippen molar-refractivity contribution < 1.29 is 9.53 Å². The maximum Gasteiger partial charge on any atom is 0.234 e. The SMILES string of the molecule is [B]c1ccc2nc(-c3ccc(OCCN4CC(=O)NCC4C)cc3)ccc2c1. The summed E-state index contributed by atoms with van der Waals surface area (Å²) in [5.41, 5.74) is 3.61. The molecule has 2 radical (unpaired) electrons. The van der Waals surface area contributed by atoms with Crippen LogP contribution in [0.1, 0.15) is 6.92 Å². The van der Waals surface area contributed by atoms with Crippen LogP contribution in [0.2, 0.25) is 0 Å². The van der Waals surface area contributed by atoms with Crippen molar-refractivity contribution in [3.8, 4) is 17.0 Å². The lowest BCUT2D eigenvalue weighted by molar-refractivity contribution is -0.125. The number of piperazine rings is 1. The molecule has 0 spiro atoms. The molecule has 3 aromatic rings. The number of fused-ring (bicyclic) bond motifs is 1. The Kier molecular flexibility index (Phi) is 5.30. The van der Waals surface area contributed by atoms with Gasteiger partial charge in [-0.3, -0.25) is 9.69 Å². The Morgan fingerprint density at radius 2 is 2.00 bits per heavy atom. The van der Waals surface area contributed by atoms with Crippen molar-refractivity contribution in [1.29, 1.82) is 0 Å². The molecule has 4 rings (SSSR count). The maximum atomic E-state index is 11.5. The normalized spacial score (nSPS) is 17.5. The summed E-state index contributed by atoms with van der Waals surface area (Å²) >= 11 is 0. The molecule has 2 heterocycles. The summed E-state index contributed by atoms with van der Waals surface area (Å²) in [7, 11) is 5.83. The Bertz CT molecular complexity index is 991. The van der Waals surface area contributed by atoms with Crippen LogP contribution in [0.5, 0.6) is 5.75 Å². The fourth-order valence-corrected chi connectivity index (χ4v) is 3.39. The molecular weight excluding hydrogens is 349 g/mol. The number of hydrogen-bond donors (Lipinski definition) is 1. The van der Waals surface area contributed by atoms with Crippen molar-refractivity contribution in [3.63, 3.8) is 0 Å². The van der Waals surface area contributed by atoms with Gasteiger partial charge >= 0.3 is 0 Å². The van der Waals surface area contributed by atoms with Crippen LogP contribution in [0.3, 0.4) is 0 Å². The van der Waals surface area contributed by atoms with E-state index in [0.29, 0.717) is 25.7 Å². The topological polar surface area (TPSA) is 54.5 Å². The zero-order valence-corrected chi connectivity index (χ0v) is 15.9. The van der Waals surface area contributed by atoms with Gasteiger partial charge in [-0.2, -0.15) is 0 Å². The highest BCUT2D eigenvalue weighted by atomic mass is 16.5. The van der Waals surface area contributed by atoms with E-state index in [0.717, 1.165) is 39.9 Å². The van der Waals surface area contributed by atoms with Gasteiger partial charge in [-0.1, -0.05) is 23.7 Å². The van der Waals surface area contributed by atoms with Crippen LogP contribution in [0.15, 0.2) is 54.6 Å². The van der Waals surface area contributed by atoms with E-state index in [1.54, 1.807) is 0 Å². The first-order valence-electron chi connectivity index (χ1n) is 9.49. The first-order chi connectivity index (χ1) is 13.6. The Morgan fingerprint density at radius 1 is 1.18 bits per heavy atom. The van der Waals surface area contributed by atoms with Gasteiger partial charge < -0.3 is 10.1 Å². The molecule has 2 aromatic carbocycles. The molecule has 0 bridgehead atoms. The standard InChI is InChI=1S/C22H22BN3O2/c1-15-13-24-22(27)14-26(15)10-11-28-19-6-2-16(3-7-19)20-8-4-17-12-18(23)5-9-21(17)25-20/h2-9,12,15H,10-11,13-14H2,1H3,(H,24,27). The molecule has 1 atom stereocenters. The van der Waals surface area contributed by atoms with Crippen LogP contribution in [0.4, 0.5) is 0 Å². The molecule has 0 aliphatic carbocycles. The number of pyridine rings is 1. The molecular formula is C22H22BN3O2. The number of aromatic nitrogens is 1. The number of carbonyl (C=O) groups excluding carboxylic acids is 1. The van der Waals surface area contributed by atoms with Gasteiger partial charge in [-0.15, -0.1) is 0 Å². The Balaban J connectivity index is 1.38. The van der Waals surface area contributed by atoms with E-state index in [9.17, 15) is 4.79 Å². The van der Waals surface area contributed by atoms with E-state index >= 15 is 0 Å². The third-order valence-electron chi connectivity index (χ3n) is 5.08. The lowest BCUT2D eigenvalue weighted by Gasteiger charge is -2.32. The number of nitrogens with one attached hydrogen (secondary N) is 1. The van der Waals surface area contributed by atoms with Gasteiger partial charge in [0.1, 0.15) is 20.2 Å². The average molecular weight is 371 g/mol. The number of rotatable bonds is 5. The van der Waals surface area contributed by atoms with Crippen LogP contribution in [0, 0.1) is 0 Å². The van der Waals surface area contributed by atoms with Crippen LogP contribution in [-0.4, -0.2) is 55.9 Å². The molecule has 1 amide bonds. The largest absolute Gasteiger partial charge is 0.492 e. The summed E-state index contributed by atoms with van der Waals surface area (Å²) in [6.07, 6.45) is 0. The first-order valence-corrected chi connectivity index (χ1v) is 9.49. The molecule has 1 unspecified atom stereocenters. The third kappa shape index (κ3) is 4.17. The molecule has 5 nitrogen and oxygen atoms in total. The molecule has 28 heavy (non-hydrogen) atoms. The van der Waals surface area contributed by atoms with Crippen molar-refractivity contribution in [3.05, 3.63) is 54.6 Å². The Hall–Kier alpha value is -2.86. The number of benzene rings is 2. The van der Waals surface area contributed by atoms with Crippen molar-refractivity contribution in [2.24, 2.45) is 0 Å². The summed E-state index contributed by atoms with van der Waals surface area (Å²) in [5.74, 6) is 0.888. The van der Waals surface area contributed by atoms with Crippen LogP contribution in [0.25, 0.3) is 22.2 Å². The Morgan fingerprint density at radius 3 is 2.82 bits per heavy atom. The molecule has 1 aliphatic rings. The van der Waals surface area contributed by atoms with Gasteiger partial charge in [0.15, 0.2) is 0 Å². The second kappa shape index (κ2) is 8.03. The van der Waals surface area contributed by atoms with Gasteiger partial charge in [0, 0.05) is 24.7 Å². The number of hydrogen-bond acceptors (Lipinski definition) is 4. The predicted molar refractivity (Wildman–Crippen MR) is 112 cm³/mol. The highest BCUT2D eigenvalue weighted by Crippen LogP contribution is 2.23. The van der Waals surface area contributed by atoms with E-state index in [1.807, 2.05) is 54.6 Å². The van der Waals surface area contributed by atoms with E-state index in [1.165, 1.54) is 0 Å². The molecule has 6 heteroatoms. The minimum Gasteiger partial charge on any atom is -0.492 e. The van der Waals surface area contributed by atoms with E-state index in [4.69, 9.17) is 17.6 Å². The lowest BCUT2D eigenvalue weighted by atomic mass is 9.94. The van der Waals surface area contributed by atoms with Gasteiger partial charge in [-0.25, -0.2) is 4.98 Å². The number of nitrogens with zero attached hydrogens (tertiary/aromatic N) is 2. The molecule has 1 fully saturated rings. The van der Waals surface area contributed by atoms with Crippen LogP contribution >= 0.6 is 0 Å². The number of ether oxygens (including phenoxy) is 1. The number of carbonyl (C=O) groups is 1. The minimum absolute atomic E-state index is 0.0769. The zero-order valence-electron chi connectivity index (χ0n) is 15.9. The van der Waals surface area contributed by atoms with Gasteiger partial charge in [0.05, 0.1) is 17.8 Å². The van der Waals surface area contributed by atoms with Crippen LogP contribution < -0.4 is 15.5 Å². The van der Waals surface area contributed by atoms with Crippen molar-refractivity contribution >= 4 is 30.1 Å². The molecule has 1 N–H and O–H groups in total. The van der Waals surface area contributed by atoms with Gasteiger partial charge in [0.2, 0.25) is 5.91 Å². The predicted octanol–water partition coefficient (Wildman–Crippen LogP) is 1.89. The van der Waals surface area contributed by atoms with E-state index in [-0.39, 0.29) is 5.91 Å². The quantitative estimate of drug-likeness (QED) is 0.696. The summed E-state index contributed by atoms with van der Waals surface area (Å²) in [4.78, 5) is 18.4. The summed E-state index contributed by atoms with van der Waals surface area (Å²) < 4.78 is 5.86. The lowest BCUT2D eigenvalue weighted by Crippen LogP contribution is -2.53. The first kappa shape index (κ1) is 18.5. The highest BCUT2D eigenvalue weighted by molar-refractivity contribution is 6.33. The summed E-state index contributed by atoms with van der Waals surface area (Å²) in [6, 6.07) is 18.0. The average Bonchev–Trinajstić information content (AvgIpc) is 2.71. The second-order valence-corrected chi connectivity index (χ2v) is 7.15. The minimum atomic E-state index is 0.0769. The third-order valence-corrected chi connectivity index (χ3v) is 5.08. The van der Waals surface area contributed by atoms with Crippen molar-refractivity contribution in [2.45, 2.75) is 13.0 Å². The van der Waals surface area contributed by atoms with Gasteiger partial charge in [0.25, 0.3) is 0 Å². The van der Waals surface area contributed by atoms with Crippen LogP contribution in [-0.2, 0) is 4.79 Å². The fraction of sp³-hybridized carbons (Fsp3) is 0.273. The molecule has 140 valence electrons. The zero-order chi connectivity index (χ0) is 19.5. The fourth-order valence-electron chi connectivity index (χ4n) is 3.39. The molecule has 1 aliphatic heterocycles. The van der Waals surface area contributed by atoms with E-state index < -0.39 is 0 Å². The maximum absolute atomic E-state index is 11.5. The Labute approximate surface area is 166 Å².